The molecule has 0 saturated heterocycles. The second-order valence-corrected chi connectivity index (χ2v) is 7.38. The van der Waals surface area contributed by atoms with Crippen LogP contribution < -0.4 is 5.32 Å². The van der Waals surface area contributed by atoms with E-state index in [0.29, 0.717) is 35.0 Å². The van der Waals surface area contributed by atoms with Crippen LogP contribution in [0.3, 0.4) is 0 Å². The van der Waals surface area contributed by atoms with Crippen LogP contribution in [0, 0.1) is 5.92 Å². The van der Waals surface area contributed by atoms with E-state index in [1.165, 1.54) is 0 Å². The lowest BCUT2D eigenvalue weighted by atomic mass is 9.85. The number of halogens is 3. The molecule has 4 rings (SSSR count). The van der Waals surface area contributed by atoms with Crippen molar-refractivity contribution >= 4 is 16.8 Å². The zero-order valence-corrected chi connectivity index (χ0v) is 15.6. The summed E-state index contributed by atoms with van der Waals surface area (Å²) in [5.74, 6) is -1.73. The summed E-state index contributed by atoms with van der Waals surface area (Å²) in [6, 6.07) is 12.1. The van der Waals surface area contributed by atoms with Crippen LogP contribution in [-0.2, 0) is 0 Å². The standard InChI is InChI=1S/C22H20F3N3O/c23-22(24,25)15-4-3-5-16(12-15)27-21(29)18-13-20(14-8-10-26-11-9-14)28-19-7-2-1-6-17(18)19/h1-2,6-11,13,15-16H,3-5,12H2,(H,27,29). The molecule has 0 radical (unpaired) electrons. The normalized spacial score (nSPS) is 19.8. The lowest BCUT2D eigenvalue weighted by Gasteiger charge is -2.31. The first kappa shape index (κ1) is 19.4. The molecule has 2 heterocycles. The number of rotatable bonds is 3. The van der Waals surface area contributed by atoms with E-state index in [4.69, 9.17) is 0 Å². The van der Waals surface area contributed by atoms with Gasteiger partial charge in [0.2, 0.25) is 0 Å². The first-order valence-electron chi connectivity index (χ1n) is 9.59. The number of fused-ring (bicyclic) bond motifs is 1. The van der Waals surface area contributed by atoms with E-state index in [-0.39, 0.29) is 18.7 Å². The predicted molar refractivity (Wildman–Crippen MR) is 104 cm³/mol. The van der Waals surface area contributed by atoms with E-state index in [1.807, 2.05) is 18.2 Å². The molecule has 7 heteroatoms. The number of nitrogens with one attached hydrogen (secondary N) is 1. The Labute approximate surface area is 166 Å². The number of hydrogen-bond acceptors (Lipinski definition) is 3. The molecule has 29 heavy (non-hydrogen) atoms. The molecule has 2 atom stereocenters. The van der Waals surface area contributed by atoms with E-state index in [0.717, 1.165) is 5.56 Å². The SMILES string of the molecule is O=C(NC1CCCC(C(F)(F)F)C1)c1cc(-c2ccncc2)nc2ccccc12. The zero-order valence-electron chi connectivity index (χ0n) is 15.6. The minimum absolute atomic E-state index is 0.0739. The zero-order chi connectivity index (χ0) is 20.4. The third-order valence-electron chi connectivity index (χ3n) is 5.41. The molecule has 0 aliphatic heterocycles. The molecule has 1 fully saturated rings. The molecule has 1 N–H and O–H groups in total. The van der Waals surface area contributed by atoms with Gasteiger partial charge in [-0.15, -0.1) is 0 Å². The van der Waals surface area contributed by atoms with Crippen molar-refractivity contribution in [1.82, 2.24) is 15.3 Å². The quantitative estimate of drug-likeness (QED) is 0.663. The fourth-order valence-corrected chi connectivity index (χ4v) is 3.92. The molecule has 3 aromatic rings. The molecular formula is C22H20F3N3O. The molecule has 1 saturated carbocycles. The molecule has 0 spiro atoms. The van der Waals surface area contributed by atoms with Crippen LogP contribution >= 0.6 is 0 Å². The number of hydrogen-bond donors (Lipinski definition) is 1. The minimum atomic E-state index is -4.22. The lowest BCUT2D eigenvalue weighted by Crippen LogP contribution is -2.41. The van der Waals surface area contributed by atoms with Gasteiger partial charge in [0.05, 0.1) is 22.7 Å². The molecular weight excluding hydrogens is 379 g/mol. The van der Waals surface area contributed by atoms with E-state index >= 15 is 0 Å². The second kappa shape index (κ2) is 7.81. The summed E-state index contributed by atoms with van der Waals surface area (Å²) in [6.45, 7) is 0. The van der Waals surface area contributed by atoms with Gasteiger partial charge in [0.25, 0.3) is 5.91 Å². The summed E-state index contributed by atoms with van der Waals surface area (Å²) in [5, 5.41) is 3.50. The topological polar surface area (TPSA) is 54.9 Å². The van der Waals surface area contributed by atoms with Gasteiger partial charge >= 0.3 is 6.18 Å². The molecule has 0 bridgehead atoms. The Morgan fingerprint density at radius 2 is 1.83 bits per heavy atom. The summed E-state index contributed by atoms with van der Waals surface area (Å²) in [7, 11) is 0. The van der Waals surface area contributed by atoms with Gasteiger partial charge in [0.1, 0.15) is 0 Å². The molecule has 1 aromatic carbocycles. The first-order chi connectivity index (χ1) is 13.9. The van der Waals surface area contributed by atoms with Crippen molar-refractivity contribution in [3.63, 3.8) is 0 Å². The summed E-state index contributed by atoms with van der Waals surface area (Å²) < 4.78 is 39.3. The number of carbonyl (C=O) groups is 1. The monoisotopic (exact) mass is 399 g/mol. The molecule has 2 aromatic heterocycles. The summed E-state index contributed by atoms with van der Waals surface area (Å²) in [6.07, 6.45) is 0.126. The maximum absolute atomic E-state index is 13.1. The molecule has 150 valence electrons. The first-order valence-corrected chi connectivity index (χ1v) is 9.59. The average Bonchev–Trinajstić information content (AvgIpc) is 2.73. The van der Waals surface area contributed by atoms with Crippen molar-refractivity contribution in [2.24, 2.45) is 5.92 Å². The molecule has 1 amide bonds. The van der Waals surface area contributed by atoms with Crippen LogP contribution in [0.25, 0.3) is 22.2 Å². The number of alkyl halides is 3. The van der Waals surface area contributed by atoms with Crippen molar-refractivity contribution in [2.45, 2.75) is 37.9 Å². The Bertz CT molecular complexity index is 1020. The third-order valence-corrected chi connectivity index (χ3v) is 5.41. The fourth-order valence-electron chi connectivity index (χ4n) is 3.92. The second-order valence-electron chi connectivity index (χ2n) is 7.38. The highest BCUT2D eigenvalue weighted by Gasteiger charge is 2.42. The van der Waals surface area contributed by atoms with Gasteiger partial charge in [-0.2, -0.15) is 13.2 Å². The number of carbonyl (C=O) groups excluding carboxylic acids is 1. The van der Waals surface area contributed by atoms with Crippen LogP contribution in [0.15, 0.2) is 54.9 Å². The summed E-state index contributed by atoms with van der Waals surface area (Å²) >= 11 is 0. The summed E-state index contributed by atoms with van der Waals surface area (Å²) in [5.41, 5.74) is 2.50. The van der Waals surface area contributed by atoms with Crippen molar-refractivity contribution < 1.29 is 18.0 Å². The molecule has 1 aliphatic rings. The Morgan fingerprint density at radius 3 is 2.59 bits per heavy atom. The van der Waals surface area contributed by atoms with Crippen LogP contribution in [0.1, 0.15) is 36.0 Å². The Morgan fingerprint density at radius 1 is 1.07 bits per heavy atom. The molecule has 1 aliphatic carbocycles. The van der Waals surface area contributed by atoms with Crippen LogP contribution in [0.4, 0.5) is 13.2 Å². The number of benzene rings is 1. The average molecular weight is 399 g/mol. The third kappa shape index (κ3) is 4.23. The van der Waals surface area contributed by atoms with Gasteiger partial charge < -0.3 is 5.32 Å². The number of amides is 1. The smallest absolute Gasteiger partial charge is 0.349 e. The highest BCUT2D eigenvalue weighted by molar-refractivity contribution is 6.07. The predicted octanol–water partition coefficient (Wildman–Crippen LogP) is 5.15. The minimum Gasteiger partial charge on any atom is -0.349 e. The van der Waals surface area contributed by atoms with Crippen molar-refractivity contribution in [3.8, 4) is 11.3 Å². The van der Waals surface area contributed by atoms with E-state index in [2.05, 4.69) is 15.3 Å². The van der Waals surface area contributed by atoms with E-state index in [9.17, 15) is 18.0 Å². The number of pyridine rings is 2. The highest BCUT2D eigenvalue weighted by Crippen LogP contribution is 2.37. The van der Waals surface area contributed by atoms with Gasteiger partial charge in [0.15, 0.2) is 0 Å². The van der Waals surface area contributed by atoms with Gasteiger partial charge in [-0.25, -0.2) is 4.98 Å². The van der Waals surface area contributed by atoms with Crippen LogP contribution in [-0.4, -0.2) is 28.1 Å². The van der Waals surface area contributed by atoms with Crippen LogP contribution in [0.2, 0.25) is 0 Å². The van der Waals surface area contributed by atoms with E-state index < -0.39 is 18.1 Å². The Balaban J connectivity index is 1.65. The van der Waals surface area contributed by atoms with Gasteiger partial charge in [-0.3, -0.25) is 9.78 Å². The molecule has 4 nitrogen and oxygen atoms in total. The number of aromatic nitrogens is 2. The lowest BCUT2D eigenvalue weighted by molar-refractivity contribution is -0.183. The van der Waals surface area contributed by atoms with Crippen LogP contribution in [0.5, 0.6) is 0 Å². The van der Waals surface area contributed by atoms with Crippen molar-refractivity contribution in [1.29, 1.82) is 0 Å². The maximum Gasteiger partial charge on any atom is 0.391 e. The molecule has 2 unspecified atom stereocenters. The Hall–Kier alpha value is -2.96. The van der Waals surface area contributed by atoms with Gasteiger partial charge in [-0.1, -0.05) is 24.6 Å². The van der Waals surface area contributed by atoms with Gasteiger partial charge in [-0.05, 0) is 43.5 Å². The maximum atomic E-state index is 13.1. The highest BCUT2D eigenvalue weighted by atomic mass is 19.4. The van der Waals surface area contributed by atoms with Gasteiger partial charge in [0, 0.05) is 29.4 Å². The van der Waals surface area contributed by atoms with Crippen molar-refractivity contribution in [2.75, 3.05) is 0 Å². The Kier molecular flexibility index (Phi) is 5.22. The van der Waals surface area contributed by atoms with Crippen molar-refractivity contribution in [3.05, 3.63) is 60.4 Å². The largest absolute Gasteiger partial charge is 0.391 e. The summed E-state index contributed by atoms with van der Waals surface area (Å²) in [4.78, 5) is 21.7. The number of nitrogens with zero attached hydrogens (tertiary/aromatic N) is 2. The fraction of sp³-hybridized carbons (Fsp3) is 0.318. The number of para-hydroxylation sites is 1. The van der Waals surface area contributed by atoms with E-state index in [1.54, 1.807) is 36.7 Å².